The van der Waals surface area contributed by atoms with Gasteiger partial charge in [0, 0.05) is 5.02 Å². The van der Waals surface area contributed by atoms with E-state index >= 15 is 0 Å². The van der Waals surface area contributed by atoms with Gasteiger partial charge >= 0.3 is 0 Å². The number of aryl methyl sites for hydroxylation is 1. The number of hydrogen-bond acceptors (Lipinski definition) is 0. The summed E-state index contributed by atoms with van der Waals surface area (Å²) in [4.78, 5) is 0. The Morgan fingerprint density at radius 3 is 2.47 bits per heavy atom. The van der Waals surface area contributed by atoms with Crippen LogP contribution < -0.4 is 0 Å². The Balaban J connectivity index is 1.62. The Hall–Kier alpha value is -0.270. The molecule has 0 radical (unpaired) electrons. The number of benzene rings is 1. The highest BCUT2D eigenvalue weighted by molar-refractivity contribution is 6.32. The zero-order valence-corrected chi connectivity index (χ0v) is 12.4. The van der Waals surface area contributed by atoms with E-state index in [2.05, 4.69) is 0 Å². The molecule has 1 aromatic rings. The van der Waals surface area contributed by atoms with Crippen molar-refractivity contribution in [2.75, 3.05) is 0 Å². The van der Waals surface area contributed by atoms with Gasteiger partial charge in [-0.25, -0.2) is 4.39 Å². The molecule has 0 nitrogen and oxygen atoms in total. The van der Waals surface area contributed by atoms with E-state index in [-0.39, 0.29) is 11.2 Å². The van der Waals surface area contributed by atoms with E-state index in [4.69, 9.17) is 23.2 Å². The average Bonchev–Trinajstić information content (AvgIpc) is 2.81. The topological polar surface area (TPSA) is 0 Å². The van der Waals surface area contributed by atoms with E-state index < -0.39 is 0 Å². The van der Waals surface area contributed by atoms with E-state index in [0.717, 1.165) is 29.2 Å². The maximum atomic E-state index is 13.5. The normalized spacial score (nSPS) is 40.3. The quantitative estimate of drug-likeness (QED) is 0.645. The maximum Gasteiger partial charge on any atom is 0.127 e. The molecule has 0 aromatic heterocycles. The minimum atomic E-state index is -0.242. The highest BCUT2D eigenvalue weighted by Gasteiger charge is 2.66. The summed E-state index contributed by atoms with van der Waals surface area (Å²) in [6.07, 6.45) is 4.20. The summed E-state index contributed by atoms with van der Waals surface area (Å²) in [7, 11) is 0. The van der Waals surface area contributed by atoms with Crippen molar-refractivity contribution in [2.45, 2.75) is 31.6 Å². The van der Waals surface area contributed by atoms with Crippen LogP contribution in [-0.4, -0.2) is 0 Å². The first-order valence-corrected chi connectivity index (χ1v) is 7.99. The third kappa shape index (κ3) is 1.70. The zero-order valence-electron chi connectivity index (χ0n) is 10.9. The van der Waals surface area contributed by atoms with E-state index in [0.29, 0.717) is 16.5 Å². The Morgan fingerprint density at radius 1 is 1.21 bits per heavy atom. The highest BCUT2D eigenvalue weighted by Crippen LogP contribution is 2.73. The van der Waals surface area contributed by atoms with Gasteiger partial charge in [0.1, 0.15) is 5.82 Å². The molecule has 102 valence electrons. The van der Waals surface area contributed by atoms with Crippen molar-refractivity contribution >= 4 is 23.2 Å². The Labute approximate surface area is 123 Å². The van der Waals surface area contributed by atoms with Crippen LogP contribution >= 0.6 is 23.2 Å². The van der Waals surface area contributed by atoms with Gasteiger partial charge in [0.15, 0.2) is 0 Å². The van der Waals surface area contributed by atoms with Crippen LogP contribution in [-0.2, 0) is 0 Å². The van der Waals surface area contributed by atoms with Crippen LogP contribution in [0.4, 0.5) is 4.39 Å². The lowest BCUT2D eigenvalue weighted by Crippen LogP contribution is -2.05. The van der Waals surface area contributed by atoms with Crippen LogP contribution in [0.15, 0.2) is 12.1 Å². The number of alkyl halides is 1. The SMILES string of the molecule is Cc1cc(C(Cl)C2C3C4CCC(C4)C32)c(Cl)cc1F. The fraction of sp³-hybridized carbons (Fsp3) is 0.625. The molecule has 3 heteroatoms. The van der Waals surface area contributed by atoms with E-state index in [1.165, 1.54) is 25.3 Å². The van der Waals surface area contributed by atoms with Gasteiger partial charge in [0.25, 0.3) is 0 Å². The van der Waals surface area contributed by atoms with Crippen LogP contribution in [0.25, 0.3) is 0 Å². The van der Waals surface area contributed by atoms with Crippen LogP contribution in [0, 0.1) is 42.3 Å². The average molecular weight is 299 g/mol. The minimum absolute atomic E-state index is 0.0369. The van der Waals surface area contributed by atoms with Gasteiger partial charge in [-0.3, -0.25) is 0 Å². The summed E-state index contributed by atoms with van der Waals surface area (Å²) in [5, 5.41) is 0.450. The number of fused-ring (bicyclic) bond motifs is 5. The molecule has 3 aliphatic carbocycles. The van der Waals surface area contributed by atoms with Gasteiger partial charge in [-0.15, -0.1) is 11.6 Å². The van der Waals surface area contributed by atoms with Crippen molar-refractivity contribution in [2.24, 2.45) is 29.6 Å². The van der Waals surface area contributed by atoms with Gasteiger partial charge in [-0.1, -0.05) is 17.7 Å². The molecule has 2 bridgehead atoms. The molecule has 1 aromatic carbocycles. The third-order valence-corrected chi connectivity index (χ3v) is 6.56. The Kier molecular flexibility index (Phi) is 2.70. The predicted octanol–water partition coefficient (Wildman–Crippen LogP) is 5.36. The van der Waals surface area contributed by atoms with Crippen molar-refractivity contribution < 1.29 is 4.39 Å². The lowest BCUT2D eigenvalue weighted by Gasteiger charge is -2.17. The van der Waals surface area contributed by atoms with Crippen LogP contribution in [0.5, 0.6) is 0 Å². The van der Waals surface area contributed by atoms with Crippen LogP contribution in [0.2, 0.25) is 5.02 Å². The summed E-state index contributed by atoms with van der Waals surface area (Å²) in [5.41, 5.74) is 1.57. The monoisotopic (exact) mass is 298 g/mol. The fourth-order valence-corrected chi connectivity index (χ4v) is 5.72. The van der Waals surface area contributed by atoms with E-state index in [1.54, 1.807) is 6.92 Å². The summed E-state index contributed by atoms with van der Waals surface area (Å²) in [6.45, 7) is 1.77. The van der Waals surface area contributed by atoms with Gasteiger partial charge < -0.3 is 0 Å². The molecule has 3 aliphatic rings. The second kappa shape index (κ2) is 4.11. The molecule has 3 saturated carbocycles. The van der Waals surface area contributed by atoms with Crippen molar-refractivity contribution in [3.05, 3.63) is 34.1 Å². The van der Waals surface area contributed by atoms with Crippen molar-refractivity contribution in [3.63, 3.8) is 0 Å². The van der Waals surface area contributed by atoms with Crippen molar-refractivity contribution in [3.8, 4) is 0 Å². The molecule has 0 amide bonds. The molecule has 4 rings (SSSR count). The molecule has 0 aliphatic heterocycles. The molecule has 3 fully saturated rings. The second-order valence-electron chi connectivity index (χ2n) is 6.59. The van der Waals surface area contributed by atoms with Gasteiger partial charge in [0.05, 0.1) is 5.38 Å². The molecule has 5 atom stereocenters. The third-order valence-electron chi connectivity index (χ3n) is 5.71. The molecule has 0 spiro atoms. The first kappa shape index (κ1) is 12.5. The molecule has 19 heavy (non-hydrogen) atoms. The lowest BCUT2D eigenvalue weighted by atomic mass is 9.96. The largest absolute Gasteiger partial charge is 0.207 e. The van der Waals surface area contributed by atoms with E-state index in [1.807, 2.05) is 6.07 Å². The summed E-state index contributed by atoms with van der Waals surface area (Å²) in [6, 6.07) is 3.25. The molecule has 5 unspecified atom stereocenters. The van der Waals surface area contributed by atoms with Gasteiger partial charge in [-0.2, -0.15) is 0 Å². The van der Waals surface area contributed by atoms with E-state index in [9.17, 15) is 4.39 Å². The summed E-state index contributed by atoms with van der Waals surface area (Å²) in [5.74, 6) is 3.79. The number of halogens is 3. The molecule has 0 saturated heterocycles. The van der Waals surface area contributed by atoms with Crippen molar-refractivity contribution in [1.82, 2.24) is 0 Å². The smallest absolute Gasteiger partial charge is 0.127 e. The number of hydrogen-bond donors (Lipinski definition) is 0. The van der Waals surface area contributed by atoms with Crippen LogP contribution in [0.3, 0.4) is 0 Å². The standard InChI is InChI=1S/C16H17Cl2F/c1-7-4-10(11(17)6-12(7)19)16(18)15-13-8-2-3-9(5-8)14(13)15/h4,6,8-9,13-16H,2-3,5H2,1H3. The lowest BCUT2D eigenvalue weighted by molar-refractivity contribution is 0.454. The molecular weight excluding hydrogens is 282 g/mol. The Bertz CT molecular complexity index is 526. The molecule has 0 heterocycles. The second-order valence-corrected chi connectivity index (χ2v) is 7.47. The first-order valence-electron chi connectivity index (χ1n) is 7.17. The molecule has 0 N–H and O–H groups in total. The summed E-state index contributed by atoms with van der Waals surface area (Å²) >= 11 is 12.9. The number of rotatable bonds is 2. The Morgan fingerprint density at radius 2 is 1.84 bits per heavy atom. The van der Waals surface area contributed by atoms with Gasteiger partial charge in [0.2, 0.25) is 0 Å². The van der Waals surface area contributed by atoms with Crippen molar-refractivity contribution in [1.29, 1.82) is 0 Å². The maximum absolute atomic E-state index is 13.5. The molecular formula is C16H17Cl2F. The fourth-order valence-electron chi connectivity index (χ4n) is 4.88. The first-order chi connectivity index (χ1) is 9.08. The van der Waals surface area contributed by atoms with Crippen LogP contribution in [0.1, 0.15) is 35.8 Å². The highest BCUT2D eigenvalue weighted by atomic mass is 35.5. The summed E-state index contributed by atoms with van der Waals surface area (Å²) < 4.78 is 13.5. The zero-order chi connectivity index (χ0) is 13.3. The minimum Gasteiger partial charge on any atom is -0.207 e. The predicted molar refractivity (Wildman–Crippen MR) is 76.0 cm³/mol. The van der Waals surface area contributed by atoms with Gasteiger partial charge in [-0.05, 0) is 73.0 Å².